The number of ether oxygens (including phenoxy) is 1. The summed E-state index contributed by atoms with van der Waals surface area (Å²) in [5.41, 5.74) is 1.78. The Labute approximate surface area is 199 Å². The highest BCUT2D eigenvalue weighted by Gasteiger charge is 2.51. The molecular formula is C25H30Cl2N2O3. The van der Waals surface area contributed by atoms with Gasteiger partial charge in [0.15, 0.2) is 0 Å². The van der Waals surface area contributed by atoms with Crippen LogP contribution in [0.3, 0.4) is 0 Å². The average molecular weight is 477 g/mol. The van der Waals surface area contributed by atoms with Crippen LogP contribution in [-0.2, 0) is 16.6 Å². The normalized spacial score (nSPS) is 28.1. The van der Waals surface area contributed by atoms with E-state index in [1.165, 1.54) is 5.56 Å². The maximum atomic E-state index is 12.8. The Kier molecular flexibility index (Phi) is 7.01. The van der Waals surface area contributed by atoms with E-state index in [0.717, 1.165) is 37.2 Å². The molecule has 1 saturated heterocycles. The van der Waals surface area contributed by atoms with E-state index in [1.54, 1.807) is 19.2 Å². The summed E-state index contributed by atoms with van der Waals surface area (Å²) in [6.45, 7) is 1.78. The van der Waals surface area contributed by atoms with Crippen molar-refractivity contribution >= 4 is 29.1 Å². The van der Waals surface area contributed by atoms with Gasteiger partial charge in [-0.1, -0.05) is 41.4 Å². The SMILES string of the molecule is COc1cccc(C23CCN(C)CC2C(O)CC(NC(=O)Cc2ccc(Cl)c(Cl)c2)C3)c1. The number of aliphatic hydroxyl groups is 1. The van der Waals surface area contributed by atoms with Gasteiger partial charge in [-0.15, -0.1) is 0 Å². The van der Waals surface area contributed by atoms with E-state index in [9.17, 15) is 9.90 Å². The summed E-state index contributed by atoms with van der Waals surface area (Å²) < 4.78 is 5.48. The third kappa shape index (κ3) is 4.76. The van der Waals surface area contributed by atoms with Crippen LogP contribution in [0.25, 0.3) is 0 Å². The lowest BCUT2D eigenvalue weighted by Crippen LogP contribution is -2.60. The van der Waals surface area contributed by atoms with Gasteiger partial charge in [0.25, 0.3) is 0 Å². The molecular weight excluding hydrogens is 447 g/mol. The second kappa shape index (κ2) is 9.60. The molecule has 2 N–H and O–H groups in total. The van der Waals surface area contributed by atoms with Crippen LogP contribution in [0.15, 0.2) is 42.5 Å². The molecule has 2 aromatic rings. The Hall–Kier alpha value is -1.79. The lowest BCUT2D eigenvalue weighted by Gasteiger charge is -2.54. The number of benzene rings is 2. The number of amides is 1. The van der Waals surface area contributed by atoms with E-state index < -0.39 is 6.10 Å². The molecule has 32 heavy (non-hydrogen) atoms. The summed E-state index contributed by atoms with van der Waals surface area (Å²) in [5.74, 6) is 0.846. The predicted octanol–water partition coefficient (Wildman–Crippen LogP) is 4.07. The number of carbonyl (C=O) groups is 1. The van der Waals surface area contributed by atoms with Crippen LogP contribution in [0.4, 0.5) is 0 Å². The van der Waals surface area contributed by atoms with E-state index in [4.69, 9.17) is 27.9 Å². The predicted molar refractivity (Wildman–Crippen MR) is 128 cm³/mol. The molecule has 4 rings (SSSR count). The van der Waals surface area contributed by atoms with Gasteiger partial charge in [0, 0.05) is 23.9 Å². The third-order valence-electron chi connectivity index (χ3n) is 7.12. The van der Waals surface area contributed by atoms with Crippen LogP contribution < -0.4 is 10.1 Å². The van der Waals surface area contributed by atoms with E-state index in [0.29, 0.717) is 16.5 Å². The van der Waals surface area contributed by atoms with Crippen molar-refractivity contribution in [2.75, 3.05) is 27.2 Å². The number of halogens is 2. The van der Waals surface area contributed by atoms with E-state index in [-0.39, 0.29) is 29.7 Å². The van der Waals surface area contributed by atoms with Gasteiger partial charge in [0.1, 0.15) is 5.75 Å². The number of nitrogens with one attached hydrogen (secondary N) is 1. The molecule has 0 aromatic heterocycles. The van der Waals surface area contributed by atoms with Crippen molar-refractivity contribution in [3.8, 4) is 5.75 Å². The molecule has 7 heteroatoms. The number of carbonyl (C=O) groups excluding carboxylic acids is 1. The van der Waals surface area contributed by atoms with Crippen molar-refractivity contribution < 1.29 is 14.6 Å². The largest absolute Gasteiger partial charge is 0.497 e. The van der Waals surface area contributed by atoms with Gasteiger partial charge in [-0.05, 0) is 68.2 Å². The fourth-order valence-electron chi connectivity index (χ4n) is 5.53. The highest BCUT2D eigenvalue weighted by molar-refractivity contribution is 6.42. The lowest BCUT2D eigenvalue weighted by atomic mass is 9.57. The van der Waals surface area contributed by atoms with Crippen LogP contribution in [-0.4, -0.2) is 55.3 Å². The summed E-state index contributed by atoms with van der Waals surface area (Å²) in [6.07, 6.45) is 2.01. The highest BCUT2D eigenvalue weighted by Crippen LogP contribution is 2.49. The molecule has 4 atom stereocenters. The quantitative estimate of drug-likeness (QED) is 0.682. The van der Waals surface area contributed by atoms with Gasteiger partial charge in [-0.2, -0.15) is 0 Å². The zero-order chi connectivity index (χ0) is 22.9. The smallest absolute Gasteiger partial charge is 0.224 e. The molecule has 1 heterocycles. The minimum atomic E-state index is -0.493. The molecule has 1 aliphatic heterocycles. The van der Waals surface area contributed by atoms with Crippen molar-refractivity contribution in [3.05, 3.63) is 63.6 Å². The lowest BCUT2D eigenvalue weighted by molar-refractivity contribution is -0.122. The minimum Gasteiger partial charge on any atom is -0.497 e. The van der Waals surface area contributed by atoms with E-state index >= 15 is 0 Å². The maximum Gasteiger partial charge on any atom is 0.224 e. The first-order chi connectivity index (χ1) is 15.3. The Bertz CT molecular complexity index is 985. The number of fused-ring (bicyclic) bond motifs is 1. The first kappa shape index (κ1) is 23.4. The number of rotatable bonds is 5. The summed E-state index contributed by atoms with van der Waals surface area (Å²) in [5, 5.41) is 15.3. The molecule has 172 valence electrons. The first-order valence-electron chi connectivity index (χ1n) is 11.0. The Balaban J connectivity index is 1.56. The number of nitrogens with zero attached hydrogens (tertiary/aromatic N) is 1. The van der Waals surface area contributed by atoms with Gasteiger partial charge in [-0.25, -0.2) is 0 Å². The number of piperidine rings is 1. The summed E-state index contributed by atoms with van der Waals surface area (Å²) in [4.78, 5) is 15.1. The van der Waals surface area contributed by atoms with Gasteiger partial charge < -0.3 is 20.1 Å². The maximum absolute atomic E-state index is 12.8. The fraction of sp³-hybridized carbons (Fsp3) is 0.480. The van der Waals surface area contributed by atoms with Crippen LogP contribution in [0, 0.1) is 5.92 Å². The van der Waals surface area contributed by atoms with Crippen molar-refractivity contribution in [2.24, 2.45) is 5.92 Å². The number of aliphatic hydroxyl groups excluding tert-OH is 1. The number of methoxy groups -OCH3 is 1. The van der Waals surface area contributed by atoms with Gasteiger partial charge >= 0.3 is 0 Å². The first-order valence-corrected chi connectivity index (χ1v) is 11.8. The number of hydrogen-bond donors (Lipinski definition) is 2. The molecule has 1 saturated carbocycles. The monoisotopic (exact) mass is 476 g/mol. The zero-order valence-electron chi connectivity index (χ0n) is 18.5. The third-order valence-corrected chi connectivity index (χ3v) is 7.86. The molecule has 4 unspecified atom stereocenters. The molecule has 1 aliphatic carbocycles. The van der Waals surface area contributed by atoms with E-state index in [1.807, 2.05) is 18.2 Å². The van der Waals surface area contributed by atoms with Gasteiger partial charge in [0.2, 0.25) is 5.91 Å². The van der Waals surface area contributed by atoms with Crippen LogP contribution in [0.1, 0.15) is 30.4 Å². The summed E-state index contributed by atoms with van der Waals surface area (Å²) in [7, 11) is 3.78. The standard InChI is InChI=1S/C25H30Cl2N2O3/c1-29-9-8-25(17-4-3-5-19(12-17)32-2)14-18(13-23(30)20(25)15-29)28-24(31)11-16-6-7-21(26)22(27)10-16/h3-7,10,12,18,20,23,30H,8-9,11,13-15H2,1-2H3,(H,28,31). The second-order valence-electron chi connectivity index (χ2n) is 9.20. The number of likely N-dealkylation sites (tertiary alicyclic amines) is 1. The van der Waals surface area contributed by atoms with Crippen molar-refractivity contribution in [3.63, 3.8) is 0 Å². The van der Waals surface area contributed by atoms with Crippen LogP contribution in [0.5, 0.6) is 5.75 Å². The molecule has 2 fully saturated rings. The van der Waals surface area contributed by atoms with Gasteiger partial charge in [-0.3, -0.25) is 4.79 Å². The highest BCUT2D eigenvalue weighted by atomic mass is 35.5. The minimum absolute atomic E-state index is 0.0761. The molecule has 5 nitrogen and oxygen atoms in total. The number of hydrogen-bond acceptors (Lipinski definition) is 4. The van der Waals surface area contributed by atoms with Crippen molar-refractivity contribution in [2.45, 2.75) is 43.2 Å². The molecule has 2 aromatic carbocycles. The Morgan fingerprint density at radius 1 is 1.25 bits per heavy atom. The molecule has 0 radical (unpaired) electrons. The van der Waals surface area contributed by atoms with Crippen molar-refractivity contribution in [1.82, 2.24) is 10.2 Å². The molecule has 2 aliphatic rings. The van der Waals surface area contributed by atoms with Gasteiger partial charge in [0.05, 0.1) is 29.7 Å². The topological polar surface area (TPSA) is 61.8 Å². The summed E-state index contributed by atoms with van der Waals surface area (Å²) >= 11 is 12.1. The van der Waals surface area contributed by atoms with Crippen LogP contribution >= 0.6 is 23.2 Å². The van der Waals surface area contributed by atoms with Crippen LogP contribution in [0.2, 0.25) is 10.0 Å². The van der Waals surface area contributed by atoms with E-state index in [2.05, 4.69) is 29.4 Å². The fourth-order valence-corrected chi connectivity index (χ4v) is 5.85. The second-order valence-corrected chi connectivity index (χ2v) is 10.0. The Morgan fingerprint density at radius 3 is 2.81 bits per heavy atom. The Morgan fingerprint density at radius 2 is 2.06 bits per heavy atom. The average Bonchev–Trinajstić information content (AvgIpc) is 2.77. The molecule has 0 bridgehead atoms. The van der Waals surface area contributed by atoms with Crippen molar-refractivity contribution in [1.29, 1.82) is 0 Å². The summed E-state index contributed by atoms with van der Waals surface area (Å²) in [6, 6.07) is 13.3. The molecule has 1 amide bonds. The zero-order valence-corrected chi connectivity index (χ0v) is 20.0. The molecule has 0 spiro atoms.